The fraction of sp³-hybridized carbons (Fsp3) is 0.0769. The highest BCUT2D eigenvalue weighted by atomic mass is 16.5. The highest BCUT2D eigenvalue weighted by Gasteiger charge is 2.19. The van der Waals surface area contributed by atoms with Gasteiger partial charge >= 0.3 is 0 Å². The summed E-state index contributed by atoms with van der Waals surface area (Å²) < 4.78 is 5.88. The number of anilines is 2. The van der Waals surface area contributed by atoms with Crippen molar-refractivity contribution in [2.45, 2.75) is 13.0 Å². The molecule has 0 unspecified atom stereocenters. The fourth-order valence-corrected chi connectivity index (χ4v) is 3.29. The molecule has 0 fully saturated rings. The topological polar surface area (TPSA) is 67.4 Å². The highest BCUT2D eigenvalue weighted by Crippen LogP contribution is 2.24. The van der Waals surface area contributed by atoms with Crippen LogP contribution in [-0.2, 0) is 4.79 Å². The van der Waals surface area contributed by atoms with Crippen molar-refractivity contribution in [2.24, 2.45) is 0 Å². The Bertz CT molecular complexity index is 1220. The van der Waals surface area contributed by atoms with Crippen LogP contribution in [0.4, 0.5) is 11.4 Å². The Balaban J connectivity index is 1.49. The third-order valence-electron chi connectivity index (χ3n) is 4.88. The average Bonchev–Trinajstić information content (AvgIpc) is 2.80. The Kier molecular flexibility index (Phi) is 5.94. The molecule has 0 saturated carbocycles. The lowest BCUT2D eigenvalue weighted by molar-refractivity contribution is -0.122. The Labute approximate surface area is 180 Å². The lowest BCUT2D eigenvalue weighted by atomic mass is 10.1. The van der Waals surface area contributed by atoms with Crippen molar-refractivity contribution >= 4 is 34.0 Å². The van der Waals surface area contributed by atoms with E-state index < -0.39 is 6.10 Å². The molecule has 0 heterocycles. The summed E-state index contributed by atoms with van der Waals surface area (Å²) in [6.45, 7) is 1.66. The first kappa shape index (κ1) is 20.2. The van der Waals surface area contributed by atoms with Gasteiger partial charge in [0, 0.05) is 16.8 Å². The Morgan fingerprint density at radius 3 is 2.26 bits per heavy atom. The minimum atomic E-state index is -0.801. The van der Waals surface area contributed by atoms with Crippen molar-refractivity contribution in [3.05, 3.63) is 103 Å². The number of hydrogen-bond acceptors (Lipinski definition) is 3. The Morgan fingerprint density at radius 2 is 1.42 bits per heavy atom. The zero-order valence-corrected chi connectivity index (χ0v) is 17.0. The second-order valence-corrected chi connectivity index (χ2v) is 7.09. The SMILES string of the molecule is C[C@H](Oc1ccccc1C(=O)Nc1ccccc1)C(=O)Nc1cccc2ccccc12. The molecular weight excluding hydrogens is 388 g/mol. The molecular formula is C26H22N2O3. The number of amides is 2. The number of para-hydroxylation sites is 2. The van der Waals surface area contributed by atoms with Crippen LogP contribution in [0.5, 0.6) is 5.75 Å². The van der Waals surface area contributed by atoms with E-state index in [1.165, 1.54) is 0 Å². The van der Waals surface area contributed by atoms with Crippen LogP contribution in [0.15, 0.2) is 97.1 Å². The predicted molar refractivity (Wildman–Crippen MR) is 124 cm³/mol. The molecule has 0 aliphatic rings. The molecule has 0 bridgehead atoms. The molecule has 154 valence electrons. The first-order chi connectivity index (χ1) is 15.1. The molecule has 0 radical (unpaired) electrons. The van der Waals surface area contributed by atoms with Crippen LogP contribution in [0.1, 0.15) is 17.3 Å². The van der Waals surface area contributed by atoms with E-state index in [1.807, 2.05) is 72.8 Å². The molecule has 0 aliphatic carbocycles. The van der Waals surface area contributed by atoms with E-state index in [2.05, 4.69) is 10.6 Å². The lowest BCUT2D eigenvalue weighted by Gasteiger charge is -2.18. The minimum absolute atomic E-state index is 0.297. The van der Waals surface area contributed by atoms with Gasteiger partial charge in [0.1, 0.15) is 5.75 Å². The molecule has 2 N–H and O–H groups in total. The zero-order valence-electron chi connectivity index (χ0n) is 17.0. The van der Waals surface area contributed by atoms with Crippen molar-refractivity contribution in [1.82, 2.24) is 0 Å². The smallest absolute Gasteiger partial charge is 0.265 e. The van der Waals surface area contributed by atoms with Gasteiger partial charge in [0.25, 0.3) is 11.8 Å². The van der Waals surface area contributed by atoms with Gasteiger partial charge in [0.05, 0.1) is 5.56 Å². The van der Waals surface area contributed by atoms with Gasteiger partial charge in [-0.3, -0.25) is 9.59 Å². The van der Waals surface area contributed by atoms with E-state index >= 15 is 0 Å². The summed E-state index contributed by atoms with van der Waals surface area (Å²) in [7, 11) is 0. The highest BCUT2D eigenvalue weighted by molar-refractivity contribution is 6.06. The van der Waals surface area contributed by atoms with E-state index in [4.69, 9.17) is 4.74 Å². The van der Waals surface area contributed by atoms with Gasteiger partial charge < -0.3 is 15.4 Å². The zero-order chi connectivity index (χ0) is 21.6. The van der Waals surface area contributed by atoms with Gasteiger partial charge in [-0.05, 0) is 42.6 Å². The Morgan fingerprint density at radius 1 is 0.742 bits per heavy atom. The van der Waals surface area contributed by atoms with E-state index in [0.29, 0.717) is 22.7 Å². The number of carbonyl (C=O) groups excluding carboxylic acids is 2. The number of fused-ring (bicyclic) bond motifs is 1. The van der Waals surface area contributed by atoms with Gasteiger partial charge in [-0.1, -0.05) is 66.7 Å². The van der Waals surface area contributed by atoms with Crippen LogP contribution < -0.4 is 15.4 Å². The van der Waals surface area contributed by atoms with Gasteiger partial charge in [-0.25, -0.2) is 0 Å². The monoisotopic (exact) mass is 410 g/mol. The van der Waals surface area contributed by atoms with Crippen LogP contribution in [0.25, 0.3) is 10.8 Å². The van der Waals surface area contributed by atoms with Gasteiger partial charge in [-0.2, -0.15) is 0 Å². The number of carbonyl (C=O) groups is 2. The molecule has 5 heteroatoms. The van der Waals surface area contributed by atoms with E-state index in [9.17, 15) is 9.59 Å². The molecule has 4 aromatic rings. The summed E-state index contributed by atoms with van der Waals surface area (Å²) in [6, 6.07) is 29.6. The molecule has 4 rings (SSSR count). The fourth-order valence-electron chi connectivity index (χ4n) is 3.29. The minimum Gasteiger partial charge on any atom is -0.480 e. The Hall–Kier alpha value is -4.12. The number of hydrogen-bond donors (Lipinski definition) is 2. The number of rotatable bonds is 6. The molecule has 1 atom stereocenters. The van der Waals surface area contributed by atoms with Gasteiger partial charge in [0.2, 0.25) is 0 Å². The summed E-state index contributed by atoms with van der Waals surface area (Å²) in [5.41, 5.74) is 1.76. The molecule has 0 aromatic heterocycles. The van der Waals surface area contributed by atoms with Crippen molar-refractivity contribution in [3.8, 4) is 5.75 Å². The molecule has 0 saturated heterocycles. The average molecular weight is 410 g/mol. The van der Waals surface area contributed by atoms with E-state index in [1.54, 1.807) is 31.2 Å². The maximum absolute atomic E-state index is 12.8. The maximum Gasteiger partial charge on any atom is 0.265 e. The molecule has 31 heavy (non-hydrogen) atoms. The lowest BCUT2D eigenvalue weighted by Crippen LogP contribution is -2.31. The van der Waals surface area contributed by atoms with Gasteiger partial charge in [0.15, 0.2) is 6.10 Å². The molecule has 5 nitrogen and oxygen atoms in total. The number of ether oxygens (including phenoxy) is 1. The molecule has 0 spiro atoms. The molecule has 0 aliphatic heterocycles. The molecule has 4 aromatic carbocycles. The van der Waals surface area contributed by atoms with Crippen molar-refractivity contribution in [2.75, 3.05) is 10.6 Å². The maximum atomic E-state index is 12.8. The second kappa shape index (κ2) is 9.13. The second-order valence-electron chi connectivity index (χ2n) is 7.09. The summed E-state index contributed by atoms with van der Waals surface area (Å²) in [5, 5.41) is 7.76. The van der Waals surface area contributed by atoms with Crippen LogP contribution in [0.2, 0.25) is 0 Å². The summed E-state index contributed by atoms with van der Waals surface area (Å²) in [4.78, 5) is 25.5. The first-order valence-electron chi connectivity index (χ1n) is 10.0. The third-order valence-corrected chi connectivity index (χ3v) is 4.88. The van der Waals surface area contributed by atoms with Gasteiger partial charge in [-0.15, -0.1) is 0 Å². The number of benzene rings is 4. The normalized spacial score (nSPS) is 11.5. The third kappa shape index (κ3) is 4.73. The summed E-state index contributed by atoms with van der Waals surface area (Å²) in [5.74, 6) is -0.255. The quantitative estimate of drug-likeness (QED) is 0.441. The van der Waals surface area contributed by atoms with Crippen LogP contribution in [0, 0.1) is 0 Å². The van der Waals surface area contributed by atoms with E-state index in [-0.39, 0.29) is 11.8 Å². The standard InChI is InChI=1S/C26H22N2O3/c1-18(25(29)28-23-16-9-11-19-10-5-6-14-21(19)23)31-24-17-8-7-15-22(24)26(30)27-20-12-3-2-4-13-20/h2-18H,1H3,(H,27,30)(H,28,29)/t18-/m0/s1. The van der Waals surface area contributed by atoms with E-state index in [0.717, 1.165) is 10.8 Å². The van der Waals surface area contributed by atoms with Crippen molar-refractivity contribution in [3.63, 3.8) is 0 Å². The van der Waals surface area contributed by atoms with Crippen LogP contribution >= 0.6 is 0 Å². The van der Waals surface area contributed by atoms with Crippen LogP contribution in [0.3, 0.4) is 0 Å². The predicted octanol–water partition coefficient (Wildman–Crippen LogP) is 5.50. The summed E-state index contributed by atoms with van der Waals surface area (Å²) in [6.07, 6.45) is -0.801. The van der Waals surface area contributed by atoms with Crippen molar-refractivity contribution < 1.29 is 14.3 Å². The van der Waals surface area contributed by atoms with Crippen LogP contribution in [-0.4, -0.2) is 17.9 Å². The first-order valence-corrected chi connectivity index (χ1v) is 10.0. The summed E-state index contributed by atoms with van der Waals surface area (Å²) >= 11 is 0. The molecule has 2 amide bonds. The number of nitrogens with one attached hydrogen (secondary N) is 2. The largest absolute Gasteiger partial charge is 0.480 e. The van der Waals surface area contributed by atoms with Crippen molar-refractivity contribution in [1.29, 1.82) is 0 Å².